The summed E-state index contributed by atoms with van der Waals surface area (Å²) >= 11 is 0. The van der Waals surface area contributed by atoms with Crippen LogP contribution in [0.4, 0.5) is 0 Å². The van der Waals surface area contributed by atoms with Crippen molar-refractivity contribution in [1.29, 1.82) is 0 Å². The third-order valence-electron chi connectivity index (χ3n) is 5.62. The molecule has 0 radical (unpaired) electrons. The van der Waals surface area contributed by atoms with Crippen molar-refractivity contribution in [3.8, 4) is 0 Å². The van der Waals surface area contributed by atoms with Crippen molar-refractivity contribution in [2.24, 2.45) is 11.8 Å². The molecule has 2 N–H and O–H groups in total. The van der Waals surface area contributed by atoms with Crippen LogP contribution in [0.2, 0.25) is 0 Å². The summed E-state index contributed by atoms with van der Waals surface area (Å²) in [6, 6.07) is 9.88. The van der Waals surface area contributed by atoms with E-state index in [0.717, 1.165) is 18.4 Å². The van der Waals surface area contributed by atoms with Gasteiger partial charge in [-0.25, -0.2) is 0 Å². The van der Waals surface area contributed by atoms with Gasteiger partial charge in [-0.1, -0.05) is 48.6 Å². The highest BCUT2D eigenvalue weighted by Gasteiger charge is 2.39. The van der Waals surface area contributed by atoms with Gasteiger partial charge in [-0.3, -0.25) is 9.59 Å². The van der Waals surface area contributed by atoms with Crippen molar-refractivity contribution in [3.05, 3.63) is 60.2 Å². The number of hydrogen-bond acceptors (Lipinski definition) is 5. The summed E-state index contributed by atoms with van der Waals surface area (Å²) in [7, 11) is 0. The summed E-state index contributed by atoms with van der Waals surface area (Å²) in [5.41, 5.74) is 1.13. The molecule has 170 valence electrons. The van der Waals surface area contributed by atoms with Crippen molar-refractivity contribution in [1.82, 2.24) is 0 Å². The van der Waals surface area contributed by atoms with Gasteiger partial charge in [-0.2, -0.15) is 0 Å². The summed E-state index contributed by atoms with van der Waals surface area (Å²) in [6.07, 6.45) is 9.96. The van der Waals surface area contributed by atoms with Gasteiger partial charge in [-0.15, -0.1) is 0 Å². The molecular weight excluding hydrogens is 392 g/mol. The summed E-state index contributed by atoms with van der Waals surface area (Å²) in [5.74, 6) is -0.503. The van der Waals surface area contributed by atoms with E-state index in [1.54, 1.807) is 12.2 Å². The van der Waals surface area contributed by atoms with E-state index in [2.05, 4.69) is 0 Å². The van der Waals surface area contributed by atoms with Gasteiger partial charge in [-0.05, 0) is 57.1 Å². The lowest BCUT2D eigenvalue weighted by Crippen LogP contribution is -2.20. The highest BCUT2D eigenvalue weighted by molar-refractivity contribution is 5.89. The average molecular weight is 429 g/mol. The normalized spacial score (nSPS) is 23.8. The van der Waals surface area contributed by atoms with Crippen LogP contribution in [0.1, 0.15) is 57.9 Å². The van der Waals surface area contributed by atoms with E-state index < -0.39 is 12.2 Å². The molecule has 0 aromatic heterocycles. The third-order valence-corrected chi connectivity index (χ3v) is 5.62. The Balaban J connectivity index is 1.77. The molecule has 0 saturated heterocycles. The van der Waals surface area contributed by atoms with E-state index in [-0.39, 0.29) is 29.7 Å². The second kappa shape index (κ2) is 13.2. The van der Waals surface area contributed by atoms with E-state index in [1.807, 2.05) is 56.3 Å². The fourth-order valence-corrected chi connectivity index (χ4v) is 3.98. The number of esters is 1. The van der Waals surface area contributed by atoms with Crippen molar-refractivity contribution in [3.63, 3.8) is 0 Å². The number of aliphatic hydroxyl groups is 2. The van der Waals surface area contributed by atoms with Gasteiger partial charge in [0.2, 0.25) is 0 Å². The van der Waals surface area contributed by atoms with Crippen LogP contribution in [-0.2, 0) is 20.7 Å². The SMILES string of the molecule is CC(C)OC(=O)CCC/C=C\C[C@H]1[C@@H](/C=C/C(=O)CCc2ccccc2)[C@H](O)C[C@@H]1O. The molecule has 1 fully saturated rings. The zero-order valence-electron chi connectivity index (χ0n) is 18.7. The topological polar surface area (TPSA) is 83.8 Å². The number of hydrogen-bond donors (Lipinski definition) is 2. The van der Waals surface area contributed by atoms with Gasteiger partial charge >= 0.3 is 5.97 Å². The molecule has 1 saturated carbocycles. The van der Waals surface area contributed by atoms with Crippen LogP contribution >= 0.6 is 0 Å². The summed E-state index contributed by atoms with van der Waals surface area (Å²) in [6.45, 7) is 3.67. The molecule has 0 amide bonds. The first kappa shape index (κ1) is 25.0. The second-order valence-electron chi connectivity index (χ2n) is 8.56. The molecule has 0 spiro atoms. The van der Waals surface area contributed by atoms with Crippen molar-refractivity contribution in [2.45, 2.75) is 77.1 Å². The monoisotopic (exact) mass is 428 g/mol. The van der Waals surface area contributed by atoms with Gasteiger partial charge in [0.25, 0.3) is 0 Å². The smallest absolute Gasteiger partial charge is 0.306 e. The second-order valence-corrected chi connectivity index (χ2v) is 8.56. The van der Waals surface area contributed by atoms with Crippen LogP contribution < -0.4 is 0 Å². The van der Waals surface area contributed by atoms with Crippen molar-refractivity contribution < 1.29 is 24.5 Å². The number of aliphatic hydroxyl groups excluding tert-OH is 2. The van der Waals surface area contributed by atoms with Gasteiger partial charge in [0.05, 0.1) is 18.3 Å². The van der Waals surface area contributed by atoms with Crippen LogP contribution in [0.15, 0.2) is 54.6 Å². The maximum absolute atomic E-state index is 12.2. The molecule has 1 aromatic rings. The number of ketones is 1. The molecule has 4 atom stereocenters. The molecule has 2 rings (SSSR count). The molecule has 5 heteroatoms. The Labute approximate surface area is 185 Å². The first-order chi connectivity index (χ1) is 14.9. The molecule has 5 nitrogen and oxygen atoms in total. The number of carbonyl (C=O) groups excluding carboxylic acids is 2. The predicted molar refractivity (Wildman–Crippen MR) is 121 cm³/mol. The summed E-state index contributed by atoms with van der Waals surface area (Å²) in [5, 5.41) is 20.7. The van der Waals surface area contributed by atoms with Crippen molar-refractivity contribution in [2.75, 3.05) is 0 Å². The Bertz CT molecular complexity index is 737. The fraction of sp³-hybridized carbons (Fsp3) is 0.538. The zero-order chi connectivity index (χ0) is 22.6. The maximum atomic E-state index is 12.2. The molecule has 31 heavy (non-hydrogen) atoms. The number of allylic oxidation sites excluding steroid dienone is 3. The molecule has 0 heterocycles. The Hall–Kier alpha value is -2.24. The number of ether oxygens (including phenoxy) is 1. The van der Waals surface area contributed by atoms with E-state index >= 15 is 0 Å². The zero-order valence-corrected chi connectivity index (χ0v) is 18.7. The minimum atomic E-state index is -0.641. The van der Waals surface area contributed by atoms with Gasteiger partial charge in [0, 0.05) is 25.2 Å². The third kappa shape index (κ3) is 9.19. The Kier molecular flexibility index (Phi) is 10.7. The molecule has 0 aliphatic heterocycles. The van der Waals surface area contributed by atoms with Gasteiger partial charge < -0.3 is 14.9 Å². The summed E-state index contributed by atoms with van der Waals surface area (Å²) in [4.78, 5) is 23.8. The largest absolute Gasteiger partial charge is 0.463 e. The lowest BCUT2D eigenvalue weighted by Gasteiger charge is -2.19. The standard InChI is InChI=1S/C26H36O5/c1-19(2)31-26(30)13-9-4-3-8-12-22-23(25(29)18-24(22)28)17-16-21(27)15-14-20-10-6-5-7-11-20/h3,5-8,10-11,16-17,19,22-25,28-29H,4,9,12-15,18H2,1-2H3/b8-3-,17-16+/t22-,23+,24-,25+/m0/s1. The Morgan fingerprint density at radius 3 is 2.55 bits per heavy atom. The number of carbonyl (C=O) groups is 2. The highest BCUT2D eigenvalue weighted by Crippen LogP contribution is 2.36. The number of benzene rings is 1. The molecular formula is C26H36O5. The van der Waals surface area contributed by atoms with Crippen LogP contribution in [-0.4, -0.2) is 40.3 Å². The average Bonchev–Trinajstić information content (AvgIpc) is 3.00. The van der Waals surface area contributed by atoms with Crippen LogP contribution in [0.5, 0.6) is 0 Å². The number of unbranched alkanes of at least 4 members (excludes halogenated alkanes) is 1. The molecule has 1 aliphatic carbocycles. The molecule has 1 aliphatic rings. The van der Waals surface area contributed by atoms with Crippen LogP contribution in [0.25, 0.3) is 0 Å². The van der Waals surface area contributed by atoms with Gasteiger partial charge in [0.15, 0.2) is 5.78 Å². The number of aryl methyl sites for hydroxylation is 1. The molecule has 0 unspecified atom stereocenters. The summed E-state index contributed by atoms with van der Waals surface area (Å²) < 4.78 is 5.11. The Morgan fingerprint density at radius 1 is 1.10 bits per heavy atom. The van der Waals surface area contributed by atoms with E-state index in [4.69, 9.17) is 4.74 Å². The van der Waals surface area contributed by atoms with E-state index in [9.17, 15) is 19.8 Å². The lowest BCUT2D eigenvalue weighted by molar-refractivity contribution is -0.147. The maximum Gasteiger partial charge on any atom is 0.306 e. The minimum Gasteiger partial charge on any atom is -0.463 e. The molecule has 0 bridgehead atoms. The fourth-order valence-electron chi connectivity index (χ4n) is 3.98. The van der Waals surface area contributed by atoms with Crippen LogP contribution in [0, 0.1) is 11.8 Å². The first-order valence-corrected chi connectivity index (χ1v) is 11.3. The van der Waals surface area contributed by atoms with E-state index in [0.29, 0.717) is 32.1 Å². The quantitative estimate of drug-likeness (QED) is 0.226. The Morgan fingerprint density at radius 2 is 1.84 bits per heavy atom. The molecule has 1 aromatic carbocycles. The number of rotatable bonds is 12. The van der Waals surface area contributed by atoms with Crippen LogP contribution in [0.3, 0.4) is 0 Å². The lowest BCUT2D eigenvalue weighted by atomic mass is 9.89. The highest BCUT2D eigenvalue weighted by atomic mass is 16.5. The van der Waals surface area contributed by atoms with E-state index in [1.165, 1.54) is 0 Å². The minimum absolute atomic E-state index is 0.0278. The van der Waals surface area contributed by atoms with Crippen molar-refractivity contribution >= 4 is 11.8 Å². The predicted octanol–water partition coefficient (Wildman–Crippen LogP) is 4.17. The van der Waals surface area contributed by atoms with Gasteiger partial charge in [0.1, 0.15) is 0 Å². The first-order valence-electron chi connectivity index (χ1n) is 11.3.